The van der Waals surface area contributed by atoms with Gasteiger partial charge < -0.3 is 25.0 Å². The first-order valence-corrected chi connectivity index (χ1v) is 11.0. The van der Waals surface area contributed by atoms with Crippen molar-refractivity contribution in [3.8, 4) is 11.5 Å². The molecular formula is C23H39IN4O3. The third kappa shape index (κ3) is 8.05. The minimum Gasteiger partial charge on any atom is -0.493 e. The molecule has 2 rings (SSSR count). The van der Waals surface area contributed by atoms with Crippen molar-refractivity contribution in [2.24, 2.45) is 10.9 Å². The summed E-state index contributed by atoms with van der Waals surface area (Å²) in [5, 5.41) is 6.69. The van der Waals surface area contributed by atoms with Gasteiger partial charge in [0, 0.05) is 38.6 Å². The SMILES string of the molecule is CCNC(=NCCCC(=O)N1CCc2cc(OC)c(OC)cc2C1)NC(C)C(C)C.I. The van der Waals surface area contributed by atoms with Crippen molar-refractivity contribution in [3.63, 3.8) is 0 Å². The number of rotatable bonds is 9. The monoisotopic (exact) mass is 546 g/mol. The van der Waals surface area contributed by atoms with Crippen LogP contribution in [-0.4, -0.2) is 56.7 Å². The fourth-order valence-corrected chi connectivity index (χ4v) is 3.38. The number of nitrogens with zero attached hydrogens (tertiary/aromatic N) is 2. The summed E-state index contributed by atoms with van der Waals surface area (Å²) < 4.78 is 10.8. The van der Waals surface area contributed by atoms with Crippen molar-refractivity contribution < 1.29 is 14.3 Å². The molecule has 1 aromatic carbocycles. The molecule has 0 fully saturated rings. The first-order valence-electron chi connectivity index (χ1n) is 11.0. The molecule has 1 heterocycles. The number of carbonyl (C=O) groups is 1. The second-order valence-electron chi connectivity index (χ2n) is 8.08. The Bertz CT molecular complexity index is 740. The van der Waals surface area contributed by atoms with Gasteiger partial charge >= 0.3 is 0 Å². The predicted octanol–water partition coefficient (Wildman–Crippen LogP) is 3.59. The summed E-state index contributed by atoms with van der Waals surface area (Å²) in [6.45, 7) is 11.4. The van der Waals surface area contributed by atoms with Crippen LogP contribution in [0.2, 0.25) is 0 Å². The van der Waals surface area contributed by atoms with E-state index in [0.29, 0.717) is 37.2 Å². The Morgan fingerprint density at radius 3 is 2.39 bits per heavy atom. The standard InChI is InChI=1S/C23H38N4O3.HI/c1-7-24-23(26-17(4)16(2)3)25-11-8-9-22(28)27-12-10-18-13-20(29-5)21(30-6)14-19(18)15-27;/h13-14,16-17H,7-12,15H2,1-6H3,(H2,24,25,26);1H. The molecule has 8 heteroatoms. The van der Waals surface area contributed by atoms with Crippen molar-refractivity contribution in [2.45, 2.75) is 59.5 Å². The smallest absolute Gasteiger partial charge is 0.222 e. The zero-order valence-corrected chi connectivity index (χ0v) is 22.1. The van der Waals surface area contributed by atoms with E-state index in [1.165, 1.54) is 5.56 Å². The van der Waals surface area contributed by atoms with Gasteiger partial charge in [-0.3, -0.25) is 9.79 Å². The molecular weight excluding hydrogens is 507 g/mol. The predicted molar refractivity (Wildman–Crippen MR) is 137 cm³/mol. The normalized spacial score (nSPS) is 14.4. The van der Waals surface area contributed by atoms with Gasteiger partial charge in [0.05, 0.1) is 14.2 Å². The number of guanidine groups is 1. The van der Waals surface area contributed by atoms with E-state index in [2.05, 4.69) is 43.3 Å². The molecule has 1 aliphatic heterocycles. The van der Waals surface area contributed by atoms with E-state index in [1.807, 2.05) is 17.0 Å². The molecule has 0 saturated heterocycles. The number of fused-ring (bicyclic) bond motifs is 1. The first kappa shape index (κ1) is 27.3. The Labute approximate surface area is 204 Å². The second kappa shape index (κ2) is 13.6. The molecule has 0 aromatic heterocycles. The van der Waals surface area contributed by atoms with Crippen LogP contribution in [-0.2, 0) is 17.8 Å². The van der Waals surface area contributed by atoms with Gasteiger partial charge in [-0.05, 0) is 55.9 Å². The van der Waals surface area contributed by atoms with Gasteiger partial charge in [0.25, 0.3) is 0 Å². The topological polar surface area (TPSA) is 75.2 Å². The maximum atomic E-state index is 12.7. The Morgan fingerprint density at radius 1 is 1.16 bits per heavy atom. The van der Waals surface area contributed by atoms with Crippen molar-refractivity contribution in [1.29, 1.82) is 0 Å². The van der Waals surface area contributed by atoms with Gasteiger partial charge in [-0.2, -0.15) is 0 Å². The molecule has 0 spiro atoms. The van der Waals surface area contributed by atoms with E-state index in [9.17, 15) is 4.79 Å². The van der Waals surface area contributed by atoms with Gasteiger partial charge in [-0.1, -0.05) is 13.8 Å². The third-order valence-corrected chi connectivity index (χ3v) is 5.60. The Kier molecular flexibility index (Phi) is 12.0. The lowest BCUT2D eigenvalue weighted by Crippen LogP contribution is -2.44. The second-order valence-corrected chi connectivity index (χ2v) is 8.08. The minimum atomic E-state index is 0. The highest BCUT2D eigenvalue weighted by molar-refractivity contribution is 14.0. The zero-order chi connectivity index (χ0) is 22.1. The number of hydrogen-bond donors (Lipinski definition) is 2. The summed E-state index contributed by atoms with van der Waals surface area (Å²) in [6, 6.07) is 4.36. The summed E-state index contributed by atoms with van der Waals surface area (Å²) in [4.78, 5) is 19.3. The van der Waals surface area contributed by atoms with Crippen molar-refractivity contribution in [1.82, 2.24) is 15.5 Å². The van der Waals surface area contributed by atoms with Crippen LogP contribution in [0.25, 0.3) is 0 Å². The molecule has 176 valence electrons. The molecule has 0 bridgehead atoms. The van der Waals surface area contributed by atoms with E-state index in [4.69, 9.17) is 9.47 Å². The molecule has 31 heavy (non-hydrogen) atoms. The Hall–Kier alpha value is -1.71. The first-order chi connectivity index (χ1) is 14.4. The van der Waals surface area contributed by atoms with Gasteiger partial charge in [-0.15, -0.1) is 24.0 Å². The highest BCUT2D eigenvalue weighted by atomic mass is 127. The lowest BCUT2D eigenvalue weighted by Gasteiger charge is -2.29. The number of ether oxygens (including phenoxy) is 2. The maximum Gasteiger partial charge on any atom is 0.222 e. The van der Waals surface area contributed by atoms with Crippen LogP contribution in [0.1, 0.15) is 51.7 Å². The number of benzene rings is 1. The van der Waals surface area contributed by atoms with Gasteiger partial charge in [0.1, 0.15) is 0 Å². The highest BCUT2D eigenvalue weighted by Gasteiger charge is 2.22. The number of aliphatic imine (C=N–C) groups is 1. The molecule has 1 aliphatic rings. The number of amides is 1. The number of carbonyl (C=O) groups excluding carboxylic acids is 1. The Morgan fingerprint density at radius 2 is 1.81 bits per heavy atom. The number of methoxy groups -OCH3 is 2. The number of nitrogens with one attached hydrogen (secondary N) is 2. The van der Waals surface area contributed by atoms with Crippen LogP contribution in [0.3, 0.4) is 0 Å². The summed E-state index contributed by atoms with van der Waals surface area (Å²) in [7, 11) is 3.28. The molecule has 0 radical (unpaired) electrons. The van der Waals surface area contributed by atoms with E-state index in [0.717, 1.165) is 43.2 Å². The van der Waals surface area contributed by atoms with E-state index in [1.54, 1.807) is 14.2 Å². The molecule has 1 amide bonds. The summed E-state index contributed by atoms with van der Waals surface area (Å²) >= 11 is 0. The number of hydrogen-bond acceptors (Lipinski definition) is 4. The largest absolute Gasteiger partial charge is 0.493 e. The Balaban J connectivity index is 0.00000480. The molecule has 1 atom stereocenters. The molecule has 0 saturated carbocycles. The van der Waals surface area contributed by atoms with Crippen LogP contribution in [0.4, 0.5) is 0 Å². The van der Waals surface area contributed by atoms with Crippen LogP contribution in [0, 0.1) is 5.92 Å². The summed E-state index contributed by atoms with van der Waals surface area (Å²) in [5.74, 6) is 2.97. The molecule has 0 aliphatic carbocycles. The van der Waals surface area contributed by atoms with E-state index < -0.39 is 0 Å². The fraction of sp³-hybridized carbons (Fsp3) is 0.652. The zero-order valence-electron chi connectivity index (χ0n) is 19.8. The maximum absolute atomic E-state index is 12.7. The minimum absolute atomic E-state index is 0. The van der Waals surface area contributed by atoms with Gasteiger partial charge in [0.15, 0.2) is 17.5 Å². The van der Waals surface area contributed by atoms with Crippen LogP contribution in [0.5, 0.6) is 11.5 Å². The van der Waals surface area contributed by atoms with E-state index >= 15 is 0 Å². The summed E-state index contributed by atoms with van der Waals surface area (Å²) in [6.07, 6.45) is 2.08. The van der Waals surface area contributed by atoms with Gasteiger partial charge in [-0.25, -0.2) is 0 Å². The molecule has 7 nitrogen and oxygen atoms in total. The number of halogens is 1. The van der Waals surface area contributed by atoms with Crippen molar-refractivity contribution in [2.75, 3.05) is 33.9 Å². The van der Waals surface area contributed by atoms with E-state index in [-0.39, 0.29) is 29.9 Å². The molecule has 1 aromatic rings. The molecule has 1 unspecified atom stereocenters. The molecule has 2 N–H and O–H groups in total. The third-order valence-electron chi connectivity index (χ3n) is 5.60. The quantitative estimate of drug-likeness (QED) is 0.214. The van der Waals surface area contributed by atoms with Crippen LogP contribution < -0.4 is 20.1 Å². The van der Waals surface area contributed by atoms with Crippen LogP contribution in [0.15, 0.2) is 17.1 Å². The van der Waals surface area contributed by atoms with Crippen LogP contribution >= 0.6 is 24.0 Å². The fourth-order valence-electron chi connectivity index (χ4n) is 3.38. The summed E-state index contributed by atoms with van der Waals surface area (Å²) in [5.41, 5.74) is 2.36. The average Bonchev–Trinajstić information content (AvgIpc) is 2.74. The average molecular weight is 546 g/mol. The highest BCUT2D eigenvalue weighted by Crippen LogP contribution is 2.33. The van der Waals surface area contributed by atoms with Crippen molar-refractivity contribution >= 4 is 35.8 Å². The lowest BCUT2D eigenvalue weighted by atomic mass is 9.98. The lowest BCUT2D eigenvalue weighted by molar-refractivity contribution is -0.132. The van der Waals surface area contributed by atoms with Crippen molar-refractivity contribution in [3.05, 3.63) is 23.3 Å². The van der Waals surface area contributed by atoms with Gasteiger partial charge in [0.2, 0.25) is 5.91 Å².